The van der Waals surface area contributed by atoms with Crippen LogP contribution in [0.5, 0.6) is 0 Å². The molecule has 2 aromatic heterocycles. The van der Waals surface area contributed by atoms with Gasteiger partial charge < -0.3 is 14.3 Å². The summed E-state index contributed by atoms with van der Waals surface area (Å²) in [6, 6.07) is 10.3. The van der Waals surface area contributed by atoms with Crippen LogP contribution in [0, 0.1) is 6.92 Å². The van der Waals surface area contributed by atoms with Crippen LogP contribution in [0.15, 0.2) is 39.3 Å². The van der Waals surface area contributed by atoms with Crippen LogP contribution in [0.4, 0.5) is 6.01 Å². The van der Waals surface area contributed by atoms with Crippen LogP contribution in [0.3, 0.4) is 0 Å². The van der Waals surface area contributed by atoms with Crippen LogP contribution >= 0.6 is 0 Å². The Balaban J connectivity index is 1.59. The monoisotopic (exact) mass is 271 g/mol. The van der Waals surface area contributed by atoms with Gasteiger partial charge in [0.2, 0.25) is 11.8 Å². The van der Waals surface area contributed by atoms with E-state index in [0.717, 1.165) is 5.56 Å². The second kappa shape index (κ2) is 5.52. The van der Waals surface area contributed by atoms with Gasteiger partial charge in [-0.2, -0.15) is 4.98 Å². The molecule has 0 aliphatic carbocycles. The third-order valence-electron chi connectivity index (χ3n) is 2.63. The maximum absolute atomic E-state index is 5.19. The van der Waals surface area contributed by atoms with E-state index in [1.807, 2.05) is 30.3 Å². The van der Waals surface area contributed by atoms with E-state index in [1.54, 1.807) is 6.92 Å². The third-order valence-corrected chi connectivity index (χ3v) is 2.63. The summed E-state index contributed by atoms with van der Waals surface area (Å²) in [5, 5.41) is 14.4. The van der Waals surface area contributed by atoms with Crippen molar-refractivity contribution in [3.05, 3.63) is 53.5 Å². The summed E-state index contributed by atoms with van der Waals surface area (Å²) in [6.45, 7) is 2.10. The topological polar surface area (TPSA) is 89.9 Å². The first kappa shape index (κ1) is 12.3. The summed E-state index contributed by atoms with van der Waals surface area (Å²) in [4.78, 5) is 4.30. The molecule has 7 nitrogen and oxygen atoms in total. The predicted molar refractivity (Wildman–Crippen MR) is 69.9 cm³/mol. The van der Waals surface area contributed by atoms with E-state index >= 15 is 0 Å². The quantitative estimate of drug-likeness (QED) is 0.758. The highest BCUT2D eigenvalue weighted by Crippen LogP contribution is 2.09. The number of anilines is 1. The maximum Gasteiger partial charge on any atom is 0.315 e. The number of rotatable bonds is 5. The molecule has 1 aromatic carbocycles. The minimum absolute atomic E-state index is 0.344. The van der Waals surface area contributed by atoms with Gasteiger partial charge in [-0.05, 0) is 5.56 Å². The Hall–Kier alpha value is -2.70. The lowest BCUT2D eigenvalue weighted by Crippen LogP contribution is -2.01. The largest absolute Gasteiger partial charge is 0.408 e. The van der Waals surface area contributed by atoms with E-state index in [1.165, 1.54) is 0 Å². The molecule has 3 rings (SSSR count). The first-order valence-electron chi connectivity index (χ1n) is 6.19. The molecular formula is C13H13N5O2. The summed E-state index contributed by atoms with van der Waals surface area (Å²) in [5.41, 5.74) is 1.13. The summed E-state index contributed by atoms with van der Waals surface area (Å²) in [7, 11) is 0. The SMILES string of the molecule is Cc1nnc(NCc2noc(Cc3ccccc3)n2)o1. The van der Waals surface area contributed by atoms with Crippen molar-refractivity contribution in [2.75, 3.05) is 5.32 Å². The standard InChI is InChI=1S/C13H13N5O2/c1-9-16-17-13(19-9)14-8-11-15-12(20-18-11)7-10-5-3-2-4-6-10/h2-6H,7-8H2,1H3,(H,14,17). The van der Waals surface area contributed by atoms with E-state index in [2.05, 4.69) is 25.7 Å². The second-order valence-electron chi connectivity index (χ2n) is 4.25. The van der Waals surface area contributed by atoms with E-state index < -0.39 is 0 Å². The van der Waals surface area contributed by atoms with Gasteiger partial charge in [-0.3, -0.25) is 0 Å². The van der Waals surface area contributed by atoms with Crippen LogP contribution < -0.4 is 5.32 Å². The molecule has 0 fully saturated rings. The Kier molecular flexibility index (Phi) is 3.40. The van der Waals surface area contributed by atoms with Crippen molar-refractivity contribution in [3.63, 3.8) is 0 Å². The van der Waals surface area contributed by atoms with E-state index in [4.69, 9.17) is 8.94 Å². The van der Waals surface area contributed by atoms with Gasteiger partial charge in [0.1, 0.15) is 0 Å². The smallest absolute Gasteiger partial charge is 0.315 e. The van der Waals surface area contributed by atoms with Crippen LogP contribution in [0.2, 0.25) is 0 Å². The fourth-order valence-corrected chi connectivity index (χ4v) is 1.73. The highest BCUT2D eigenvalue weighted by Gasteiger charge is 2.08. The molecule has 1 N–H and O–H groups in total. The molecule has 0 aliphatic heterocycles. The number of nitrogens with one attached hydrogen (secondary N) is 1. The van der Waals surface area contributed by atoms with Gasteiger partial charge in [0.15, 0.2) is 5.82 Å². The average molecular weight is 271 g/mol. The molecule has 0 saturated heterocycles. The fraction of sp³-hybridized carbons (Fsp3) is 0.231. The van der Waals surface area contributed by atoms with Crippen molar-refractivity contribution in [2.45, 2.75) is 19.9 Å². The van der Waals surface area contributed by atoms with Crippen molar-refractivity contribution in [1.29, 1.82) is 0 Å². The molecule has 3 aromatic rings. The Morgan fingerprint density at radius 2 is 2.00 bits per heavy atom. The average Bonchev–Trinajstić information content (AvgIpc) is 3.07. The van der Waals surface area contributed by atoms with Crippen molar-refractivity contribution in [3.8, 4) is 0 Å². The molecule has 0 unspecified atom stereocenters. The molecule has 0 amide bonds. The molecule has 0 aliphatic rings. The van der Waals surface area contributed by atoms with Crippen molar-refractivity contribution in [2.24, 2.45) is 0 Å². The highest BCUT2D eigenvalue weighted by atomic mass is 16.5. The van der Waals surface area contributed by atoms with Gasteiger partial charge in [-0.1, -0.05) is 40.6 Å². The molecule has 102 valence electrons. The van der Waals surface area contributed by atoms with Gasteiger partial charge >= 0.3 is 6.01 Å². The molecule has 0 atom stereocenters. The van der Waals surface area contributed by atoms with Gasteiger partial charge in [0, 0.05) is 6.92 Å². The van der Waals surface area contributed by atoms with Crippen LogP contribution in [0.25, 0.3) is 0 Å². The van der Waals surface area contributed by atoms with Gasteiger partial charge in [0.05, 0.1) is 13.0 Å². The maximum atomic E-state index is 5.19. The third kappa shape index (κ3) is 3.00. The lowest BCUT2D eigenvalue weighted by atomic mass is 10.1. The molecule has 0 radical (unpaired) electrons. The lowest BCUT2D eigenvalue weighted by Gasteiger charge is -1.95. The van der Waals surface area contributed by atoms with E-state index in [9.17, 15) is 0 Å². The summed E-state index contributed by atoms with van der Waals surface area (Å²) < 4.78 is 10.4. The van der Waals surface area contributed by atoms with Gasteiger partial charge in [-0.25, -0.2) is 0 Å². The zero-order valence-corrected chi connectivity index (χ0v) is 10.9. The Bertz CT molecular complexity index is 677. The summed E-state index contributed by atoms with van der Waals surface area (Å²) >= 11 is 0. The van der Waals surface area contributed by atoms with Gasteiger partial charge in [-0.15, -0.1) is 5.10 Å². The number of aryl methyl sites for hydroxylation is 1. The minimum atomic E-state index is 0.344. The van der Waals surface area contributed by atoms with Crippen molar-refractivity contribution in [1.82, 2.24) is 20.3 Å². The molecule has 0 saturated carbocycles. The first-order valence-corrected chi connectivity index (χ1v) is 6.19. The Morgan fingerprint density at radius 3 is 2.75 bits per heavy atom. The van der Waals surface area contributed by atoms with Crippen LogP contribution in [-0.2, 0) is 13.0 Å². The summed E-state index contributed by atoms with van der Waals surface area (Å²) in [5.74, 6) is 1.63. The molecule has 7 heteroatoms. The predicted octanol–water partition coefficient (Wildman–Crippen LogP) is 1.96. The highest BCUT2D eigenvalue weighted by molar-refractivity contribution is 5.19. The number of aromatic nitrogens is 4. The number of nitrogens with zero attached hydrogens (tertiary/aromatic N) is 4. The minimum Gasteiger partial charge on any atom is -0.408 e. The zero-order chi connectivity index (χ0) is 13.8. The lowest BCUT2D eigenvalue weighted by molar-refractivity contribution is 0.380. The molecule has 0 spiro atoms. The molecular weight excluding hydrogens is 258 g/mol. The summed E-state index contributed by atoms with van der Waals surface area (Å²) in [6.07, 6.45) is 0.619. The van der Waals surface area contributed by atoms with E-state index in [0.29, 0.717) is 36.6 Å². The molecule has 2 heterocycles. The fourth-order valence-electron chi connectivity index (χ4n) is 1.73. The molecule has 20 heavy (non-hydrogen) atoms. The van der Waals surface area contributed by atoms with Crippen molar-refractivity contribution < 1.29 is 8.94 Å². The Morgan fingerprint density at radius 1 is 1.15 bits per heavy atom. The van der Waals surface area contributed by atoms with Crippen LogP contribution in [-0.4, -0.2) is 20.3 Å². The second-order valence-corrected chi connectivity index (χ2v) is 4.25. The first-order chi connectivity index (χ1) is 9.79. The number of benzene rings is 1. The van der Waals surface area contributed by atoms with Gasteiger partial charge in [0.25, 0.3) is 0 Å². The van der Waals surface area contributed by atoms with E-state index in [-0.39, 0.29) is 0 Å². The normalized spacial score (nSPS) is 10.7. The number of hydrogen-bond acceptors (Lipinski definition) is 7. The Labute approximate surface area is 115 Å². The van der Waals surface area contributed by atoms with Crippen molar-refractivity contribution >= 4 is 6.01 Å². The molecule has 0 bridgehead atoms. The zero-order valence-electron chi connectivity index (χ0n) is 10.9. The van der Waals surface area contributed by atoms with Crippen LogP contribution in [0.1, 0.15) is 23.2 Å². The number of hydrogen-bond donors (Lipinski definition) is 1.